The van der Waals surface area contributed by atoms with Crippen molar-refractivity contribution >= 4 is 0 Å². The standard InChI is InChI=1S/C19H20O2/c20-19(15-4-1-3-14(11-15)13-7-8-13)16-5-2-6-18(12-16)21-17-9-10-17/h1-6,11-13,17,19-20H,7-10H2. The molecular formula is C19H20O2. The van der Waals surface area contributed by atoms with Gasteiger partial charge in [-0.05, 0) is 60.4 Å². The van der Waals surface area contributed by atoms with Crippen LogP contribution in [-0.4, -0.2) is 11.2 Å². The highest BCUT2D eigenvalue weighted by Gasteiger charge is 2.25. The average molecular weight is 280 g/mol. The summed E-state index contributed by atoms with van der Waals surface area (Å²) in [5.74, 6) is 1.58. The zero-order valence-electron chi connectivity index (χ0n) is 12.0. The van der Waals surface area contributed by atoms with E-state index in [1.165, 1.54) is 18.4 Å². The number of ether oxygens (including phenoxy) is 1. The number of hydrogen-bond acceptors (Lipinski definition) is 2. The van der Waals surface area contributed by atoms with Crippen molar-refractivity contribution in [2.45, 2.75) is 43.8 Å². The van der Waals surface area contributed by atoms with Gasteiger partial charge in [-0.3, -0.25) is 0 Å². The second-order valence-corrected chi connectivity index (χ2v) is 6.24. The van der Waals surface area contributed by atoms with Crippen LogP contribution < -0.4 is 4.74 Å². The highest BCUT2D eigenvalue weighted by atomic mass is 16.5. The van der Waals surface area contributed by atoms with Crippen LogP contribution in [-0.2, 0) is 0 Å². The minimum absolute atomic E-state index is 0.385. The second-order valence-electron chi connectivity index (χ2n) is 6.24. The zero-order valence-corrected chi connectivity index (χ0v) is 12.0. The van der Waals surface area contributed by atoms with Crippen molar-refractivity contribution in [3.8, 4) is 5.75 Å². The molecular weight excluding hydrogens is 260 g/mol. The van der Waals surface area contributed by atoms with Crippen molar-refractivity contribution in [3.63, 3.8) is 0 Å². The Labute approximate surface area is 125 Å². The summed E-state index contributed by atoms with van der Waals surface area (Å²) in [5.41, 5.74) is 3.24. The first-order valence-corrected chi connectivity index (χ1v) is 7.84. The fourth-order valence-electron chi connectivity index (χ4n) is 2.73. The van der Waals surface area contributed by atoms with Crippen LogP contribution in [0.25, 0.3) is 0 Å². The van der Waals surface area contributed by atoms with E-state index in [9.17, 15) is 5.11 Å². The van der Waals surface area contributed by atoms with Gasteiger partial charge in [-0.1, -0.05) is 36.4 Å². The number of benzene rings is 2. The van der Waals surface area contributed by atoms with E-state index in [0.717, 1.165) is 29.7 Å². The largest absolute Gasteiger partial charge is 0.490 e. The molecule has 0 saturated heterocycles. The molecule has 2 fully saturated rings. The summed E-state index contributed by atoms with van der Waals surface area (Å²) in [4.78, 5) is 0. The molecule has 2 aromatic carbocycles. The third-order valence-corrected chi connectivity index (χ3v) is 4.28. The highest BCUT2D eigenvalue weighted by Crippen LogP contribution is 2.41. The van der Waals surface area contributed by atoms with E-state index in [0.29, 0.717) is 12.0 Å². The Hall–Kier alpha value is -1.80. The van der Waals surface area contributed by atoms with Gasteiger partial charge in [0, 0.05) is 0 Å². The van der Waals surface area contributed by atoms with E-state index in [1.54, 1.807) is 0 Å². The molecule has 2 heteroatoms. The first-order chi connectivity index (χ1) is 10.3. The molecule has 2 nitrogen and oxygen atoms in total. The molecule has 0 amide bonds. The Morgan fingerprint density at radius 1 is 0.905 bits per heavy atom. The van der Waals surface area contributed by atoms with Crippen LogP contribution in [0.3, 0.4) is 0 Å². The van der Waals surface area contributed by atoms with E-state index >= 15 is 0 Å². The molecule has 2 aliphatic rings. The molecule has 0 heterocycles. The molecule has 1 atom stereocenters. The van der Waals surface area contributed by atoms with Gasteiger partial charge in [-0.25, -0.2) is 0 Å². The molecule has 0 bridgehead atoms. The molecule has 0 aromatic heterocycles. The summed E-state index contributed by atoms with van der Waals surface area (Å²) in [6, 6.07) is 16.2. The fraction of sp³-hybridized carbons (Fsp3) is 0.368. The molecule has 2 aromatic rings. The lowest BCUT2D eigenvalue weighted by Crippen LogP contribution is -2.02. The Kier molecular flexibility index (Phi) is 3.19. The first kappa shape index (κ1) is 12.9. The minimum atomic E-state index is -0.577. The van der Waals surface area contributed by atoms with Gasteiger partial charge < -0.3 is 9.84 Å². The highest BCUT2D eigenvalue weighted by molar-refractivity contribution is 5.38. The Balaban J connectivity index is 1.57. The number of aliphatic hydroxyl groups is 1. The van der Waals surface area contributed by atoms with Crippen LogP contribution >= 0.6 is 0 Å². The topological polar surface area (TPSA) is 29.5 Å². The average Bonchev–Trinajstić information content (AvgIpc) is 3.40. The molecule has 2 saturated carbocycles. The summed E-state index contributed by atoms with van der Waals surface area (Å²) >= 11 is 0. The molecule has 21 heavy (non-hydrogen) atoms. The second kappa shape index (κ2) is 5.19. The summed E-state index contributed by atoms with van der Waals surface area (Å²) in [6.07, 6.45) is 4.67. The van der Waals surface area contributed by atoms with E-state index in [1.807, 2.05) is 30.3 Å². The van der Waals surface area contributed by atoms with Crippen molar-refractivity contribution in [2.75, 3.05) is 0 Å². The Morgan fingerprint density at radius 2 is 1.62 bits per heavy atom. The lowest BCUT2D eigenvalue weighted by atomic mass is 9.98. The molecule has 0 spiro atoms. The van der Waals surface area contributed by atoms with Crippen molar-refractivity contribution in [1.29, 1.82) is 0 Å². The lowest BCUT2D eigenvalue weighted by Gasteiger charge is -2.14. The predicted octanol–water partition coefficient (Wildman–Crippen LogP) is 4.19. The zero-order chi connectivity index (χ0) is 14.2. The minimum Gasteiger partial charge on any atom is -0.490 e. The van der Waals surface area contributed by atoms with Crippen molar-refractivity contribution in [2.24, 2.45) is 0 Å². The van der Waals surface area contributed by atoms with Gasteiger partial charge in [0.05, 0.1) is 6.10 Å². The maximum Gasteiger partial charge on any atom is 0.120 e. The third-order valence-electron chi connectivity index (χ3n) is 4.28. The van der Waals surface area contributed by atoms with Crippen molar-refractivity contribution in [3.05, 3.63) is 65.2 Å². The van der Waals surface area contributed by atoms with E-state index in [-0.39, 0.29) is 0 Å². The number of aliphatic hydroxyl groups excluding tert-OH is 1. The van der Waals surface area contributed by atoms with Gasteiger partial charge in [0.1, 0.15) is 11.9 Å². The van der Waals surface area contributed by atoms with Crippen LogP contribution in [0, 0.1) is 0 Å². The summed E-state index contributed by atoms with van der Waals surface area (Å²) < 4.78 is 5.81. The van der Waals surface area contributed by atoms with Gasteiger partial charge in [0.2, 0.25) is 0 Å². The van der Waals surface area contributed by atoms with Crippen LogP contribution in [0.2, 0.25) is 0 Å². The summed E-state index contributed by atoms with van der Waals surface area (Å²) in [5, 5.41) is 10.6. The quantitative estimate of drug-likeness (QED) is 0.890. The molecule has 108 valence electrons. The molecule has 1 N–H and O–H groups in total. The van der Waals surface area contributed by atoms with Crippen LogP contribution in [0.1, 0.15) is 54.4 Å². The van der Waals surface area contributed by atoms with E-state index in [2.05, 4.69) is 18.2 Å². The number of hydrogen-bond donors (Lipinski definition) is 1. The van der Waals surface area contributed by atoms with Gasteiger partial charge in [-0.15, -0.1) is 0 Å². The monoisotopic (exact) mass is 280 g/mol. The smallest absolute Gasteiger partial charge is 0.120 e. The normalized spacial score (nSPS) is 19.3. The molecule has 0 radical (unpaired) electrons. The summed E-state index contributed by atoms with van der Waals surface area (Å²) in [6.45, 7) is 0. The van der Waals surface area contributed by atoms with Crippen LogP contribution in [0.4, 0.5) is 0 Å². The lowest BCUT2D eigenvalue weighted by molar-refractivity contribution is 0.219. The van der Waals surface area contributed by atoms with E-state index < -0.39 is 6.10 Å². The van der Waals surface area contributed by atoms with Crippen molar-refractivity contribution < 1.29 is 9.84 Å². The van der Waals surface area contributed by atoms with Crippen LogP contribution in [0.15, 0.2) is 48.5 Å². The first-order valence-electron chi connectivity index (χ1n) is 7.84. The Morgan fingerprint density at radius 3 is 2.33 bits per heavy atom. The SMILES string of the molecule is OC(c1cccc(OC2CC2)c1)c1cccc(C2CC2)c1. The fourth-order valence-corrected chi connectivity index (χ4v) is 2.73. The number of rotatable bonds is 5. The molecule has 4 rings (SSSR count). The van der Waals surface area contributed by atoms with Gasteiger partial charge in [0.25, 0.3) is 0 Å². The Bertz CT molecular complexity index is 642. The van der Waals surface area contributed by atoms with Gasteiger partial charge in [0.15, 0.2) is 0 Å². The maximum atomic E-state index is 10.6. The molecule has 2 aliphatic carbocycles. The third kappa shape index (κ3) is 2.96. The molecule has 0 aliphatic heterocycles. The predicted molar refractivity (Wildman–Crippen MR) is 82.6 cm³/mol. The molecule has 1 unspecified atom stereocenters. The maximum absolute atomic E-state index is 10.6. The van der Waals surface area contributed by atoms with Gasteiger partial charge >= 0.3 is 0 Å². The summed E-state index contributed by atoms with van der Waals surface area (Å²) in [7, 11) is 0. The van der Waals surface area contributed by atoms with Crippen LogP contribution in [0.5, 0.6) is 5.75 Å². The van der Waals surface area contributed by atoms with E-state index in [4.69, 9.17) is 4.74 Å². The van der Waals surface area contributed by atoms with Gasteiger partial charge in [-0.2, -0.15) is 0 Å². The van der Waals surface area contributed by atoms with Crippen molar-refractivity contribution in [1.82, 2.24) is 0 Å².